The maximum Gasteiger partial charge on any atom is 0.0762 e. The zero-order chi connectivity index (χ0) is 15.1. The van der Waals surface area contributed by atoms with Crippen molar-refractivity contribution in [3.63, 3.8) is 0 Å². The Labute approximate surface area is 129 Å². The van der Waals surface area contributed by atoms with Gasteiger partial charge in [-0.05, 0) is 38.8 Å². The molecule has 2 rings (SSSR count). The van der Waals surface area contributed by atoms with Crippen molar-refractivity contribution in [2.24, 2.45) is 0 Å². The molecule has 0 saturated heterocycles. The van der Waals surface area contributed by atoms with Crippen LogP contribution in [-0.4, -0.2) is 40.9 Å². The summed E-state index contributed by atoms with van der Waals surface area (Å²) in [6.07, 6.45) is 10.0. The van der Waals surface area contributed by atoms with Crippen molar-refractivity contribution in [2.75, 3.05) is 20.1 Å². The molecule has 1 saturated carbocycles. The van der Waals surface area contributed by atoms with Crippen LogP contribution in [0, 0.1) is 0 Å². The van der Waals surface area contributed by atoms with Crippen LogP contribution in [0.15, 0.2) is 12.3 Å². The molecule has 1 aromatic rings. The highest BCUT2D eigenvalue weighted by atomic mass is 15.3. The zero-order valence-corrected chi connectivity index (χ0v) is 14.0. The van der Waals surface area contributed by atoms with Crippen LogP contribution in [0.1, 0.15) is 64.1 Å². The third-order valence-electron chi connectivity index (χ3n) is 4.88. The van der Waals surface area contributed by atoms with E-state index in [-0.39, 0.29) is 0 Å². The number of aromatic nitrogens is 2. The molecular weight excluding hydrogens is 260 g/mol. The Morgan fingerprint density at radius 1 is 1.33 bits per heavy atom. The molecule has 4 heteroatoms. The van der Waals surface area contributed by atoms with Crippen LogP contribution < -0.4 is 5.32 Å². The van der Waals surface area contributed by atoms with Crippen molar-refractivity contribution >= 4 is 0 Å². The van der Waals surface area contributed by atoms with Crippen molar-refractivity contribution in [2.45, 2.75) is 71.0 Å². The van der Waals surface area contributed by atoms with Crippen molar-refractivity contribution in [1.29, 1.82) is 0 Å². The molecule has 1 N–H and O–H groups in total. The number of hydrogen-bond acceptors (Lipinski definition) is 3. The fourth-order valence-electron chi connectivity index (χ4n) is 3.34. The van der Waals surface area contributed by atoms with E-state index in [4.69, 9.17) is 0 Å². The summed E-state index contributed by atoms with van der Waals surface area (Å²) in [5, 5.41) is 8.21. The van der Waals surface area contributed by atoms with Crippen LogP contribution in [0.2, 0.25) is 0 Å². The van der Waals surface area contributed by atoms with E-state index in [1.54, 1.807) is 0 Å². The summed E-state index contributed by atoms with van der Waals surface area (Å²) in [5.74, 6) is 0. The van der Waals surface area contributed by atoms with Gasteiger partial charge in [-0.2, -0.15) is 5.10 Å². The predicted molar refractivity (Wildman–Crippen MR) is 88.4 cm³/mol. The lowest BCUT2D eigenvalue weighted by Crippen LogP contribution is -2.35. The fourth-order valence-corrected chi connectivity index (χ4v) is 3.34. The van der Waals surface area contributed by atoms with E-state index >= 15 is 0 Å². The Hall–Kier alpha value is -0.870. The monoisotopic (exact) mass is 292 g/mol. The zero-order valence-electron chi connectivity index (χ0n) is 14.0. The molecule has 4 nitrogen and oxygen atoms in total. The summed E-state index contributed by atoms with van der Waals surface area (Å²) in [5.41, 5.74) is 1.16. The number of nitrogens with zero attached hydrogens (tertiary/aromatic N) is 3. The third-order valence-corrected chi connectivity index (χ3v) is 4.88. The normalized spacial score (nSPS) is 16.4. The molecule has 1 heterocycles. The Balaban J connectivity index is 1.66. The first-order valence-corrected chi connectivity index (χ1v) is 8.69. The first kappa shape index (κ1) is 16.5. The van der Waals surface area contributed by atoms with Gasteiger partial charge in [-0.1, -0.05) is 26.7 Å². The maximum absolute atomic E-state index is 4.69. The van der Waals surface area contributed by atoms with E-state index in [0.29, 0.717) is 6.04 Å². The van der Waals surface area contributed by atoms with E-state index in [0.717, 1.165) is 44.2 Å². The number of nitrogens with one attached hydrogen (secondary N) is 1. The second-order valence-corrected chi connectivity index (χ2v) is 6.35. The SMILES string of the molecule is CCC(CC)n1ccc(CNCCN(C)C2CCCC2)n1. The van der Waals surface area contributed by atoms with Gasteiger partial charge in [-0.25, -0.2) is 0 Å². The number of likely N-dealkylation sites (N-methyl/N-ethyl adjacent to an activating group) is 1. The molecule has 0 unspecified atom stereocenters. The average molecular weight is 292 g/mol. The van der Waals surface area contributed by atoms with Crippen molar-refractivity contribution in [1.82, 2.24) is 20.0 Å². The summed E-state index contributed by atoms with van der Waals surface area (Å²) >= 11 is 0. The summed E-state index contributed by atoms with van der Waals surface area (Å²) in [7, 11) is 2.26. The predicted octanol–water partition coefficient (Wildman–Crippen LogP) is 3.21. The Morgan fingerprint density at radius 2 is 2.05 bits per heavy atom. The van der Waals surface area contributed by atoms with E-state index < -0.39 is 0 Å². The topological polar surface area (TPSA) is 33.1 Å². The lowest BCUT2D eigenvalue weighted by atomic mass is 10.2. The molecule has 21 heavy (non-hydrogen) atoms. The molecular formula is C17H32N4. The van der Waals surface area contributed by atoms with Crippen molar-refractivity contribution in [3.8, 4) is 0 Å². The van der Waals surface area contributed by atoms with Gasteiger partial charge < -0.3 is 10.2 Å². The van der Waals surface area contributed by atoms with Gasteiger partial charge in [0, 0.05) is 31.9 Å². The van der Waals surface area contributed by atoms with Crippen molar-refractivity contribution in [3.05, 3.63) is 18.0 Å². The summed E-state index contributed by atoms with van der Waals surface area (Å²) in [6, 6.07) is 3.51. The van der Waals surface area contributed by atoms with Crippen LogP contribution in [0.25, 0.3) is 0 Å². The van der Waals surface area contributed by atoms with Gasteiger partial charge in [0.1, 0.15) is 0 Å². The standard InChI is InChI=1S/C17H32N4/c1-4-16(5-2)21-12-10-15(19-21)14-18-11-13-20(3)17-8-6-7-9-17/h10,12,16-18H,4-9,11,13-14H2,1-3H3. The summed E-state index contributed by atoms with van der Waals surface area (Å²) in [6.45, 7) is 7.52. The molecule has 0 aliphatic heterocycles. The van der Waals surface area contributed by atoms with Crippen molar-refractivity contribution < 1.29 is 0 Å². The lowest BCUT2D eigenvalue weighted by Gasteiger charge is -2.23. The summed E-state index contributed by atoms with van der Waals surface area (Å²) in [4.78, 5) is 2.52. The van der Waals surface area contributed by atoms with Gasteiger partial charge in [0.05, 0.1) is 11.7 Å². The first-order chi connectivity index (χ1) is 10.2. The molecule has 120 valence electrons. The molecule has 0 radical (unpaired) electrons. The molecule has 1 fully saturated rings. The number of hydrogen-bond donors (Lipinski definition) is 1. The molecule has 1 aromatic heterocycles. The van der Waals surface area contributed by atoms with E-state index in [9.17, 15) is 0 Å². The first-order valence-electron chi connectivity index (χ1n) is 8.69. The highest BCUT2D eigenvalue weighted by molar-refractivity contribution is 4.99. The van der Waals surface area contributed by atoms with Crippen LogP contribution >= 0.6 is 0 Å². The second kappa shape index (κ2) is 8.54. The van der Waals surface area contributed by atoms with Crippen LogP contribution in [0.3, 0.4) is 0 Å². The van der Waals surface area contributed by atoms with E-state index in [2.05, 4.69) is 53.2 Å². The average Bonchev–Trinajstić information content (AvgIpc) is 3.16. The van der Waals surface area contributed by atoms with Gasteiger partial charge in [0.15, 0.2) is 0 Å². The molecule has 0 amide bonds. The second-order valence-electron chi connectivity index (χ2n) is 6.35. The number of rotatable bonds is 9. The quantitative estimate of drug-likeness (QED) is 0.710. The van der Waals surface area contributed by atoms with Gasteiger partial charge >= 0.3 is 0 Å². The summed E-state index contributed by atoms with van der Waals surface area (Å²) < 4.78 is 2.13. The van der Waals surface area contributed by atoms with Gasteiger partial charge in [-0.15, -0.1) is 0 Å². The molecule has 1 aliphatic carbocycles. The Morgan fingerprint density at radius 3 is 2.71 bits per heavy atom. The minimum atomic E-state index is 0.548. The van der Waals surface area contributed by atoms with Crippen LogP contribution in [0.5, 0.6) is 0 Å². The Bertz CT molecular complexity index is 391. The highest BCUT2D eigenvalue weighted by Crippen LogP contribution is 2.21. The fraction of sp³-hybridized carbons (Fsp3) is 0.824. The van der Waals surface area contributed by atoms with Gasteiger partial charge in [0.2, 0.25) is 0 Å². The third kappa shape index (κ3) is 4.82. The van der Waals surface area contributed by atoms with Crippen LogP contribution in [-0.2, 0) is 6.54 Å². The van der Waals surface area contributed by atoms with E-state index in [1.807, 2.05) is 0 Å². The molecule has 1 aliphatic rings. The molecule has 0 aromatic carbocycles. The van der Waals surface area contributed by atoms with Gasteiger partial charge in [0.25, 0.3) is 0 Å². The van der Waals surface area contributed by atoms with Gasteiger partial charge in [-0.3, -0.25) is 4.68 Å². The largest absolute Gasteiger partial charge is 0.310 e. The maximum atomic E-state index is 4.69. The molecule has 0 atom stereocenters. The van der Waals surface area contributed by atoms with E-state index in [1.165, 1.54) is 25.7 Å². The van der Waals surface area contributed by atoms with Crippen LogP contribution in [0.4, 0.5) is 0 Å². The highest BCUT2D eigenvalue weighted by Gasteiger charge is 2.18. The Kier molecular flexibility index (Phi) is 6.71. The smallest absolute Gasteiger partial charge is 0.0762 e. The minimum absolute atomic E-state index is 0.548. The lowest BCUT2D eigenvalue weighted by molar-refractivity contribution is 0.245. The molecule has 0 bridgehead atoms. The minimum Gasteiger partial charge on any atom is -0.310 e. The molecule has 0 spiro atoms.